The van der Waals surface area contributed by atoms with Crippen molar-refractivity contribution in [2.75, 3.05) is 25.6 Å². The summed E-state index contributed by atoms with van der Waals surface area (Å²) in [6, 6.07) is 9.36. The molecule has 0 saturated heterocycles. The van der Waals surface area contributed by atoms with E-state index in [0.29, 0.717) is 5.69 Å². The van der Waals surface area contributed by atoms with Crippen LogP contribution < -0.4 is 4.90 Å². The van der Waals surface area contributed by atoms with Crippen molar-refractivity contribution in [1.29, 1.82) is 5.26 Å². The number of hydrogen-bond donors (Lipinski definition) is 0. The van der Waals surface area contributed by atoms with Crippen LogP contribution in [-0.4, -0.2) is 32.9 Å². The van der Waals surface area contributed by atoms with E-state index in [1.54, 1.807) is 6.92 Å². The van der Waals surface area contributed by atoms with Crippen molar-refractivity contribution in [2.45, 2.75) is 6.92 Å². The zero-order valence-corrected chi connectivity index (χ0v) is 11.3. The van der Waals surface area contributed by atoms with Gasteiger partial charge in [-0.25, -0.2) is 0 Å². The lowest BCUT2D eigenvalue weighted by atomic mass is 10.2. The predicted molar refractivity (Wildman–Crippen MR) is 74.7 cm³/mol. The molecule has 0 fully saturated rings. The highest BCUT2D eigenvalue weighted by atomic mass is 16.5. The molecular weight excluding hydrogens is 242 g/mol. The molecule has 0 saturated carbocycles. The zero-order valence-electron chi connectivity index (χ0n) is 11.3. The molecule has 5 heteroatoms. The van der Waals surface area contributed by atoms with E-state index >= 15 is 0 Å². The first-order valence-electron chi connectivity index (χ1n) is 5.96. The van der Waals surface area contributed by atoms with Crippen LogP contribution in [0.15, 0.2) is 29.3 Å². The molecule has 0 amide bonds. The van der Waals surface area contributed by atoms with Crippen LogP contribution in [0.25, 0.3) is 0 Å². The molecule has 1 atom stereocenters. The number of anilines is 1. The van der Waals surface area contributed by atoms with Gasteiger partial charge in [0.15, 0.2) is 5.92 Å². The van der Waals surface area contributed by atoms with E-state index in [2.05, 4.69) is 4.99 Å². The summed E-state index contributed by atoms with van der Waals surface area (Å²) in [6.07, 6.45) is 1.31. The van der Waals surface area contributed by atoms with Crippen molar-refractivity contribution in [1.82, 2.24) is 0 Å². The molecule has 0 radical (unpaired) electrons. The van der Waals surface area contributed by atoms with Gasteiger partial charge in [-0.15, -0.1) is 0 Å². The number of rotatable bonds is 5. The minimum Gasteiger partial charge on any atom is -0.465 e. The fourth-order valence-corrected chi connectivity index (χ4v) is 1.39. The first-order chi connectivity index (χ1) is 9.08. The molecule has 0 bridgehead atoms. The highest BCUT2D eigenvalue weighted by molar-refractivity contribution is 5.93. The van der Waals surface area contributed by atoms with Crippen molar-refractivity contribution in [3.63, 3.8) is 0 Å². The molecule has 0 spiro atoms. The summed E-state index contributed by atoms with van der Waals surface area (Å²) in [5.41, 5.74) is 1.69. The second-order valence-electron chi connectivity index (χ2n) is 4.05. The summed E-state index contributed by atoms with van der Waals surface area (Å²) >= 11 is 0. The third-order valence-electron chi connectivity index (χ3n) is 2.40. The molecule has 100 valence electrons. The van der Waals surface area contributed by atoms with Gasteiger partial charge in [0.1, 0.15) is 0 Å². The lowest BCUT2D eigenvalue weighted by molar-refractivity contribution is -0.143. The summed E-state index contributed by atoms with van der Waals surface area (Å²) < 4.78 is 4.78. The highest BCUT2D eigenvalue weighted by Gasteiger charge is 2.16. The number of nitriles is 1. The maximum Gasteiger partial charge on any atom is 0.328 e. The van der Waals surface area contributed by atoms with Gasteiger partial charge in [0.05, 0.1) is 18.4 Å². The van der Waals surface area contributed by atoms with Crippen molar-refractivity contribution >= 4 is 23.6 Å². The molecule has 1 aromatic rings. The zero-order chi connectivity index (χ0) is 14.3. The van der Waals surface area contributed by atoms with Crippen molar-refractivity contribution in [3.8, 4) is 6.07 Å². The smallest absolute Gasteiger partial charge is 0.328 e. The second kappa shape index (κ2) is 7.17. The van der Waals surface area contributed by atoms with Crippen LogP contribution in [0.5, 0.6) is 0 Å². The lowest BCUT2D eigenvalue weighted by Crippen LogP contribution is -2.17. The van der Waals surface area contributed by atoms with Gasteiger partial charge in [-0.2, -0.15) is 5.26 Å². The molecule has 5 nitrogen and oxygen atoms in total. The van der Waals surface area contributed by atoms with Crippen LogP contribution in [0.1, 0.15) is 6.92 Å². The van der Waals surface area contributed by atoms with Gasteiger partial charge in [-0.05, 0) is 25.1 Å². The number of hydrogen-bond acceptors (Lipinski definition) is 5. The summed E-state index contributed by atoms with van der Waals surface area (Å²) in [5, 5.41) is 8.89. The Hall–Kier alpha value is -2.35. The molecule has 0 aliphatic carbocycles. The molecule has 19 heavy (non-hydrogen) atoms. The van der Waals surface area contributed by atoms with E-state index in [4.69, 9.17) is 10.00 Å². The van der Waals surface area contributed by atoms with Gasteiger partial charge in [0, 0.05) is 26.0 Å². The normalized spacial score (nSPS) is 11.9. The average Bonchev–Trinajstić information content (AvgIpc) is 2.40. The van der Waals surface area contributed by atoms with E-state index in [9.17, 15) is 4.79 Å². The summed E-state index contributed by atoms with van der Waals surface area (Å²) in [4.78, 5) is 17.5. The Morgan fingerprint density at radius 1 is 1.58 bits per heavy atom. The minimum absolute atomic E-state index is 0.251. The molecule has 0 aliphatic rings. The van der Waals surface area contributed by atoms with E-state index in [1.807, 2.05) is 49.3 Å². The topological polar surface area (TPSA) is 65.7 Å². The van der Waals surface area contributed by atoms with E-state index in [-0.39, 0.29) is 6.61 Å². The van der Waals surface area contributed by atoms with Gasteiger partial charge in [0.25, 0.3) is 0 Å². The Balaban J connectivity index is 2.83. The first kappa shape index (κ1) is 14.7. The Bertz CT molecular complexity index is 504. The fraction of sp³-hybridized carbons (Fsp3) is 0.357. The van der Waals surface area contributed by atoms with E-state index in [1.165, 1.54) is 6.21 Å². The maximum absolute atomic E-state index is 11.4. The lowest BCUT2D eigenvalue weighted by Gasteiger charge is -2.12. The largest absolute Gasteiger partial charge is 0.465 e. The van der Waals surface area contributed by atoms with Gasteiger partial charge in [0.2, 0.25) is 0 Å². The van der Waals surface area contributed by atoms with Crippen molar-refractivity contribution in [2.24, 2.45) is 10.9 Å². The molecular formula is C14H17N3O2. The predicted octanol–water partition coefficient (Wildman–Crippen LogP) is 2.16. The summed E-state index contributed by atoms with van der Waals surface area (Å²) in [6.45, 7) is 1.95. The summed E-state index contributed by atoms with van der Waals surface area (Å²) in [5.74, 6) is -1.54. The molecule has 0 unspecified atom stereocenters. The van der Waals surface area contributed by atoms with Crippen LogP contribution >= 0.6 is 0 Å². The fourth-order valence-electron chi connectivity index (χ4n) is 1.39. The number of ether oxygens (including phenoxy) is 1. The van der Waals surface area contributed by atoms with E-state index < -0.39 is 11.9 Å². The molecule has 0 aliphatic heterocycles. The number of benzene rings is 1. The number of esters is 1. The second-order valence-corrected chi connectivity index (χ2v) is 4.05. The monoisotopic (exact) mass is 259 g/mol. The van der Waals surface area contributed by atoms with Gasteiger partial charge < -0.3 is 9.64 Å². The molecule has 0 N–H and O–H groups in total. The van der Waals surface area contributed by atoms with Crippen molar-refractivity contribution in [3.05, 3.63) is 24.3 Å². The SMILES string of the molecule is CCOC(=O)[C@@H](C#N)C=Nc1cccc(N(C)C)c1. The molecule has 1 rings (SSSR count). The van der Waals surface area contributed by atoms with Crippen LogP contribution in [-0.2, 0) is 9.53 Å². The third-order valence-corrected chi connectivity index (χ3v) is 2.40. The van der Waals surface area contributed by atoms with Gasteiger partial charge in [-0.3, -0.25) is 9.79 Å². The Morgan fingerprint density at radius 2 is 2.32 bits per heavy atom. The molecule has 1 aromatic carbocycles. The van der Waals surface area contributed by atoms with Crippen molar-refractivity contribution < 1.29 is 9.53 Å². The number of aliphatic imine (C=N–C) groups is 1. The Kier molecular flexibility index (Phi) is 5.55. The number of carbonyl (C=O) groups is 1. The highest BCUT2D eigenvalue weighted by Crippen LogP contribution is 2.19. The average molecular weight is 259 g/mol. The Morgan fingerprint density at radius 3 is 2.89 bits per heavy atom. The quantitative estimate of drug-likeness (QED) is 0.600. The third kappa shape index (κ3) is 4.43. The Labute approximate surface area is 113 Å². The molecule has 0 heterocycles. The van der Waals surface area contributed by atoms with E-state index in [0.717, 1.165) is 5.69 Å². The van der Waals surface area contributed by atoms with Crippen LogP contribution in [0.3, 0.4) is 0 Å². The van der Waals surface area contributed by atoms with Gasteiger partial charge >= 0.3 is 5.97 Å². The van der Waals surface area contributed by atoms with Crippen LogP contribution in [0.4, 0.5) is 11.4 Å². The maximum atomic E-state index is 11.4. The molecule has 0 aromatic heterocycles. The van der Waals surface area contributed by atoms with Crippen LogP contribution in [0, 0.1) is 17.2 Å². The minimum atomic E-state index is -0.969. The number of carbonyl (C=O) groups excluding carboxylic acids is 1. The number of nitrogens with zero attached hydrogens (tertiary/aromatic N) is 3. The van der Waals surface area contributed by atoms with Crippen LogP contribution in [0.2, 0.25) is 0 Å². The van der Waals surface area contributed by atoms with Gasteiger partial charge in [-0.1, -0.05) is 6.07 Å². The standard InChI is InChI=1S/C14H17N3O2/c1-4-19-14(18)11(9-15)10-16-12-6-5-7-13(8-12)17(2)3/h5-8,10-11H,4H2,1-3H3/t11-/m0/s1. The first-order valence-corrected chi connectivity index (χ1v) is 5.96. The summed E-state index contributed by atoms with van der Waals surface area (Å²) in [7, 11) is 3.86.